The summed E-state index contributed by atoms with van der Waals surface area (Å²) in [6.07, 6.45) is 9.14. The SMILES string of the molecule is Cn1cc(-c2cc3c(c(Nc4ncc(Br)c(Nc5ccc6nccnc6c5C(=O)OP(C)(C)=O)n4)c2)OCC3)cn1. The Morgan fingerprint density at radius 1 is 1.07 bits per heavy atom. The molecule has 5 aromatic rings. The predicted molar refractivity (Wildman–Crippen MR) is 159 cm³/mol. The number of nitrogens with zero attached hydrogens (tertiary/aromatic N) is 6. The van der Waals surface area contributed by atoms with Gasteiger partial charge in [0.1, 0.15) is 22.6 Å². The Bertz CT molecular complexity index is 1870. The van der Waals surface area contributed by atoms with Crippen molar-refractivity contribution in [2.45, 2.75) is 6.42 Å². The lowest BCUT2D eigenvalue weighted by Gasteiger charge is -2.16. The van der Waals surface area contributed by atoms with Gasteiger partial charge < -0.3 is 19.9 Å². The molecule has 0 aliphatic carbocycles. The summed E-state index contributed by atoms with van der Waals surface area (Å²) in [6, 6.07) is 7.47. The topological polar surface area (TPSA) is 146 Å². The average molecular weight is 635 g/mol. The summed E-state index contributed by atoms with van der Waals surface area (Å²) >= 11 is 3.49. The first kappa shape index (κ1) is 26.9. The maximum absolute atomic E-state index is 13.2. The molecule has 41 heavy (non-hydrogen) atoms. The Balaban J connectivity index is 1.36. The molecule has 0 amide bonds. The van der Waals surface area contributed by atoms with Crippen LogP contribution in [0.15, 0.2) is 59.7 Å². The molecule has 2 aromatic carbocycles. The van der Waals surface area contributed by atoms with Crippen LogP contribution >= 0.6 is 23.3 Å². The van der Waals surface area contributed by atoms with E-state index in [9.17, 15) is 9.36 Å². The minimum absolute atomic E-state index is 0.0925. The molecule has 0 fully saturated rings. The van der Waals surface area contributed by atoms with Gasteiger partial charge in [-0.05, 0) is 45.8 Å². The molecule has 0 saturated carbocycles. The maximum Gasteiger partial charge on any atom is 0.347 e. The number of aromatic nitrogens is 6. The number of hydrogen-bond acceptors (Lipinski definition) is 11. The van der Waals surface area contributed by atoms with E-state index < -0.39 is 13.3 Å². The molecule has 0 spiro atoms. The molecule has 0 radical (unpaired) electrons. The van der Waals surface area contributed by atoms with Crippen LogP contribution in [-0.2, 0) is 22.6 Å². The summed E-state index contributed by atoms with van der Waals surface area (Å²) in [6.45, 7) is 3.33. The summed E-state index contributed by atoms with van der Waals surface area (Å²) in [5.74, 6) is 0.640. The van der Waals surface area contributed by atoms with E-state index in [-0.39, 0.29) is 5.56 Å². The van der Waals surface area contributed by atoms with Crippen molar-refractivity contribution < 1.29 is 18.6 Å². The number of benzene rings is 2. The molecule has 4 heterocycles. The number of halogens is 1. The highest BCUT2D eigenvalue weighted by Crippen LogP contribution is 2.41. The van der Waals surface area contributed by atoms with Gasteiger partial charge in [0, 0.05) is 62.7 Å². The zero-order valence-corrected chi connectivity index (χ0v) is 24.7. The summed E-state index contributed by atoms with van der Waals surface area (Å²) in [7, 11) is -1.27. The number of hydrogen-bond donors (Lipinski definition) is 2. The van der Waals surface area contributed by atoms with E-state index in [4.69, 9.17) is 9.26 Å². The summed E-state index contributed by atoms with van der Waals surface area (Å²) < 4.78 is 25.8. The Morgan fingerprint density at radius 2 is 1.90 bits per heavy atom. The molecule has 1 aliphatic rings. The normalized spacial score (nSPS) is 12.6. The van der Waals surface area contributed by atoms with Gasteiger partial charge in [-0.2, -0.15) is 10.1 Å². The molecule has 14 heteroatoms. The predicted octanol–water partition coefficient (Wildman–Crippen LogP) is 5.70. The van der Waals surface area contributed by atoms with E-state index in [1.54, 1.807) is 23.0 Å². The molecule has 0 bridgehead atoms. The number of carbonyl (C=O) groups excluding carboxylic acids is 1. The first-order chi connectivity index (χ1) is 19.6. The standard InChI is InChI=1S/C27H24BrN8O4P/c1-36-14-17(12-32-36)16-10-15-6-9-39-24(15)21(11-16)34-27-31-13-18(28)25(35-27)33-19-4-5-20-23(30-8-7-29-20)22(19)26(37)40-41(2,3)38/h4-5,7-8,10-14H,6,9H2,1-3H3,(H2,31,33,34,35). The van der Waals surface area contributed by atoms with Crippen molar-refractivity contribution in [2.75, 3.05) is 30.6 Å². The minimum atomic E-state index is -3.14. The fraction of sp³-hybridized carbons (Fsp3) is 0.185. The van der Waals surface area contributed by atoms with Crippen molar-refractivity contribution >= 4 is 63.4 Å². The van der Waals surface area contributed by atoms with E-state index in [0.717, 1.165) is 34.5 Å². The van der Waals surface area contributed by atoms with Gasteiger partial charge in [-0.15, -0.1) is 0 Å². The van der Waals surface area contributed by atoms with E-state index in [0.29, 0.717) is 39.6 Å². The number of rotatable bonds is 7. The van der Waals surface area contributed by atoms with Crippen LogP contribution in [0.25, 0.3) is 22.2 Å². The lowest BCUT2D eigenvalue weighted by atomic mass is 10.0. The molecule has 2 N–H and O–H groups in total. The largest absolute Gasteiger partial charge is 0.491 e. The van der Waals surface area contributed by atoms with Gasteiger partial charge >= 0.3 is 5.97 Å². The molecular weight excluding hydrogens is 611 g/mol. The van der Waals surface area contributed by atoms with Gasteiger partial charge in [-0.3, -0.25) is 19.2 Å². The molecule has 1 aliphatic heterocycles. The third-order valence-electron chi connectivity index (χ3n) is 6.21. The number of ether oxygens (including phenoxy) is 1. The first-order valence-electron chi connectivity index (χ1n) is 12.5. The van der Waals surface area contributed by atoms with E-state index in [1.165, 1.54) is 25.7 Å². The molecular formula is C27H24BrN8O4P. The smallest absolute Gasteiger partial charge is 0.347 e. The lowest BCUT2D eigenvalue weighted by molar-refractivity contribution is 0.0746. The minimum Gasteiger partial charge on any atom is -0.491 e. The van der Waals surface area contributed by atoms with Crippen molar-refractivity contribution in [3.8, 4) is 16.9 Å². The van der Waals surface area contributed by atoms with Crippen LogP contribution in [0, 0.1) is 0 Å². The van der Waals surface area contributed by atoms with Crippen LogP contribution < -0.4 is 15.4 Å². The zero-order chi connectivity index (χ0) is 28.7. The van der Waals surface area contributed by atoms with Crippen molar-refractivity contribution in [2.24, 2.45) is 7.05 Å². The highest BCUT2D eigenvalue weighted by atomic mass is 79.9. The second kappa shape index (κ2) is 10.6. The van der Waals surface area contributed by atoms with Crippen LogP contribution in [0.3, 0.4) is 0 Å². The van der Waals surface area contributed by atoms with Crippen molar-refractivity contribution in [3.05, 3.63) is 70.8 Å². The van der Waals surface area contributed by atoms with Crippen molar-refractivity contribution in [3.63, 3.8) is 0 Å². The van der Waals surface area contributed by atoms with Crippen LogP contribution in [0.4, 0.5) is 23.1 Å². The van der Waals surface area contributed by atoms with Crippen LogP contribution in [0.2, 0.25) is 0 Å². The molecule has 208 valence electrons. The Labute approximate surface area is 243 Å². The third-order valence-corrected chi connectivity index (χ3v) is 7.40. The second-order valence-electron chi connectivity index (χ2n) is 9.70. The zero-order valence-electron chi connectivity index (χ0n) is 22.3. The Morgan fingerprint density at radius 3 is 2.68 bits per heavy atom. The summed E-state index contributed by atoms with van der Waals surface area (Å²) in [5.41, 5.74) is 5.00. The van der Waals surface area contributed by atoms with Gasteiger partial charge in [0.25, 0.3) is 0 Å². The number of nitrogens with one attached hydrogen (secondary N) is 2. The molecule has 12 nitrogen and oxygen atoms in total. The molecule has 3 aromatic heterocycles. The van der Waals surface area contributed by atoms with E-state index in [1.807, 2.05) is 25.5 Å². The first-order valence-corrected chi connectivity index (χ1v) is 15.8. The highest BCUT2D eigenvalue weighted by Gasteiger charge is 2.25. The molecule has 0 atom stereocenters. The summed E-state index contributed by atoms with van der Waals surface area (Å²) in [4.78, 5) is 30.9. The Hall–Kier alpha value is -4.35. The number of aryl methyl sites for hydroxylation is 1. The highest BCUT2D eigenvalue weighted by molar-refractivity contribution is 9.10. The van der Waals surface area contributed by atoms with E-state index >= 15 is 0 Å². The fourth-order valence-corrected chi connectivity index (χ4v) is 5.27. The van der Waals surface area contributed by atoms with Gasteiger partial charge in [0.05, 0.1) is 34.2 Å². The van der Waals surface area contributed by atoms with Gasteiger partial charge in [0.2, 0.25) is 13.3 Å². The fourth-order valence-electron chi connectivity index (χ4n) is 4.49. The molecule has 6 rings (SSSR count). The molecule has 0 saturated heterocycles. The van der Waals surface area contributed by atoms with Crippen molar-refractivity contribution in [1.29, 1.82) is 0 Å². The van der Waals surface area contributed by atoms with Gasteiger partial charge in [-0.25, -0.2) is 9.78 Å². The maximum atomic E-state index is 13.2. The van der Waals surface area contributed by atoms with Crippen LogP contribution in [0.1, 0.15) is 15.9 Å². The number of carbonyl (C=O) groups is 1. The molecule has 0 unspecified atom stereocenters. The Kier molecular flexibility index (Phi) is 6.92. The van der Waals surface area contributed by atoms with Gasteiger partial charge in [0.15, 0.2) is 0 Å². The average Bonchev–Trinajstić information content (AvgIpc) is 3.58. The third kappa shape index (κ3) is 5.63. The number of anilines is 4. The quantitative estimate of drug-likeness (QED) is 0.212. The number of fused-ring (bicyclic) bond motifs is 2. The lowest BCUT2D eigenvalue weighted by Crippen LogP contribution is -2.10. The van der Waals surface area contributed by atoms with Crippen molar-refractivity contribution in [1.82, 2.24) is 29.7 Å². The van der Waals surface area contributed by atoms with Crippen LogP contribution in [0.5, 0.6) is 5.75 Å². The van der Waals surface area contributed by atoms with Gasteiger partial charge in [-0.1, -0.05) is 0 Å². The van der Waals surface area contributed by atoms with E-state index in [2.05, 4.69) is 57.7 Å². The van der Waals surface area contributed by atoms with Crippen LogP contribution in [-0.4, -0.2) is 55.6 Å². The second-order valence-corrected chi connectivity index (χ2v) is 13.2. The summed E-state index contributed by atoms with van der Waals surface area (Å²) in [5, 5.41) is 10.8. The monoisotopic (exact) mass is 634 g/mol.